The second kappa shape index (κ2) is 10.4. The molecule has 1 aliphatic carbocycles. The number of rotatable bonds is 10. The van der Waals surface area contributed by atoms with Gasteiger partial charge in [0.05, 0.1) is 0 Å². The molecule has 1 N–H and O–H groups in total. The van der Waals surface area contributed by atoms with Gasteiger partial charge in [-0.1, -0.05) is 74.4 Å². The van der Waals surface area contributed by atoms with E-state index < -0.39 is 0 Å². The molecule has 23 heavy (non-hydrogen) atoms. The minimum Gasteiger partial charge on any atom is -0.310 e. The van der Waals surface area contributed by atoms with Crippen LogP contribution >= 0.6 is 0 Å². The Morgan fingerprint density at radius 3 is 2.74 bits per heavy atom. The highest BCUT2D eigenvalue weighted by atomic mass is 14.9. The summed E-state index contributed by atoms with van der Waals surface area (Å²) in [5.41, 5.74) is 4.33. The highest BCUT2D eigenvalue weighted by Crippen LogP contribution is 2.31. The summed E-state index contributed by atoms with van der Waals surface area (Å²) in [5.74, 6) is 1.06. The minimum absolute atomic E-state index is 0.403. The van der Waals surface area contributed by atoms with E-state index in [0.29, 0.717) is 17.9 Å². The summed E-state index contributed by atoms with van der Waals surface area (Å²) in [6, 6.07) is 0.403. The van der Waals surface area contributed by atoms with Gasteiger partial charge in [0.15, 0.2) is 0 Å². The Bertz CT molecular complexity index is 490. The van der Waals surface area contributed by atoms with E-state index in [4.69, 9.17) is 0 Å². The van der Waals surface area contributed by atoms with Gasteiger partial charge in [-0.15, -0.1) is 0 Å². The summed E-state index contributed by atoms with van der Waals surface area (Å²) in [6.07, 6.45) is 18.2. The van der Waals surface area contributed by atoms with Crippen molar-refractivity contribution in [3.05, 3.63) is 59.8 Å². The number of nitrogens with one attached hydrogen (secondary N) is 1. The molecule has 0 spiro atoms. The van der Waals surface area contributed by atoms with E-state index in [1.165, 1.54) is 24.0 Å². The third-order valence-electron chi connectivity index (χ3n) is 4.73. The predicted octanol–water partition coefficient (Wildman–Crippen LogP) is 5.98. The first-order valence-corrected chi connectivity index (χ1v) is 9.05. The van der Waals surface area contributed by atoms with Crippen LogP contribution < -0.4 is 5.32 Å². The van der Waals surface area contributed by atoms with E-state index in [9.17, 15) is 0 Å². The van der Waals surface area contributed by atoms with Gasteiger partial charge in [0.2, 0.25) is 0 Å². The van der Waals surface area contributed by atoms with Crippen molar-refractivity contribution in [2.45, 2.75) is 59.4 Å². The first-order chi connectivity index (χ1) is 11.0. The Hall–Kier alpha value is -1.34. The van der Waals surface area contributed by atoms with E-state index in [0.717, 1.165) is 12.8 Å². The fourth-order valence-corrected chi connectivity index (χ4v) is 3.19. The molecule has 0 fully saturated rings. The van der Waals surface area contributed by atoms with Crippen molar-refractivity contribution in [2.24, 2.45) is 11.8 Å². The summed E-state index contributed by atoms with van der Waals surface area (Å²) in [7, 11) is 2.04. The normalized spacial score (nSPS) is 20.8. The predicted molar refractivity (Wildman–Crippen MR) is 105 cm³/mol. The van der Waals surface area contributed by atoms with Crippen molar-refractivity contribution in [3.63, 3.8) is 0 Å². The van der Waals surface area contributed by atoms with Gasteiger partial charge in [-0.25, -0.2) is 0 Å². The van der Waals surface area contributed by atoms with E-state index in [-0.39, 0.29) is 0 Å². The van der Waals surface area contributed by atoms with Crippen molar-refractivity contribution in [1.82, 2.24) is 5.32 Å². The molecule has 0 aliphatic heterocycles. The van der Waals surface area contributed by atoms with Crippen molar-refractivity contribution in [1.29, 1.82) is 0 Å². The Kier molecular flexibility index (Phi) is 8.94. The quantitative estimate of drug-likeness (QED) is 0.489. The third-order valence-corrected chi connectivity index (χ3v) is 4.73. The van der Waals surface area contributed by atoms with Crippen LogP contribution in [0, 0.1) is 11.8 Å². The van der Waals surface area contributed by atoms with Crippen molar-refractivity contribution in [3.8, 4) is 0 Å². The molecular formula is C22H35N. The van der Waals surface area contributed by atoms with Crippen molar-refractivity contribution < 1.29 is 0 Å². The van der Waals surface area contributed by atoms with E-state index >= 15 is 0 Å². The molecule has 0 amide bonds. The summed E-state index contributed by atoms with van der Waals surface area (Å²) < 4.78 is 0. The molecule has 0 aromatic heterocycles. The first-order valence-electron chi connectivity index (χ1n) is 9.05. The zero-order valence-corrected chi connectivity index (χ0v) is 15.7. The Morgan fingerprint density at radius 1 is 1.43 bits per heavy atom. The zero-order valence-electron chi connectivity index (χ0n) is 15.7. The molecule has 0 heterocycles. The third kappa shape index (κ3) is 6.35. The zero-order chi connectivity index (χ0) is 17.2. The Labute approximate surface area is 143 Å². The Morgan fingerprint density at radius 2 is 2.17 bits per heavy atom. The highest BCUT2D eigenvalue weighted by molar-refractivity contribution is 5.35. The number of hydrogen-bond acceptors (Lipinski definition) is 1. The summed E-state index contributed by atoms with van der Waals surface area (Å²) in [5, 5.41) is 3.39. The SMILES string of the molecule is C=C(C)C(/C=C\C)CC(C)/C(=C\CCC)CC1=CC=CC1NC. The monoisotopic (exact) mass is 313 g/mol. The maximum Gasteiger partial charge on any atom is 0.0472 e. The molecular weight excluding hydrogens is 278 g/mol. The van der Waals surface area contributed by atoms with Gasteiger partial charge in [0.25, 0.3) is 0 Å². The maximum absolute atomic E-state index is 4.18. The van der Waals surface area contributed by atoms with Crippen LogP contribution in [0.5, 0.6) is 0 Å². The highest BCUT2D eigenvalue weighted by Gasteiger charge is 2.19. The average molecular weight is 314 g/mol. The fourth-order valence-electron chi connectivity index (χ4n) is 3.19. The van der Waals surface area contributed by atoms with Gasteiger partial charge >= 0.3 is 0 Å². The molecule has 0 radical (unpaired) electrons. The lowest BCUT2D eigenvalue weighted by molar-refractivity contribution is 0.525. The second-order valence-corrected chi connectivity index (χ2v) is 6.75. The lowest BCUT2D eigenvalue weighted by atomic mass is 9.83. The van der Waals surface area contributed by atoms with Crippen LogP contribution in [0.4, 0.5) is 0 Å². The maximum atomic E-state index is 4.18. The topological polar surface area (TPSA) is 12.0 Å². The summed E-state index contributed by atoms with van der Waals surface area (Å²) in [4.78, 5) is 0. The van der Waals surface area contributed by atoms with Crippen LogP contribution in [0.2, 0.25) is 0 Å². The smallest absolute Gasteiger partial charge is 0.0472 e. The average Bonchev–Trinajstić information content (AvgIpc) is 2.97. The lowest BCUT2D eigenvalue weighted by Crippen LogP contribution is -2.24. The standard InChI is InChI=1S/C22H35N/c1-7-9-12-20(16-21-13-10-14-22(21)23-6)18(5)15-19(11-8-2)17(3)4/h8,10-14,18-19,22-23H,3,7,9,15-16H2,1-2,4-6H3/b11-8-,20-12-. The molecule has 1 rings (SSSR count). The summed E-state index contributed by atoms with van der Waals surface area (Å²) in [6.45, 7) is 13.0. The van der Waals surface area contributed by atoms with E-state index in [1.54, 1.807) is 5.57 Å². The molecule has 0 aromatic rings. The number of allylic oxidation sites excluding steroid dienone is 7. The van der Waals surface area contributed by atoms with Crippen LogP contribution in [0.25, 0.3) is 0 Å². The van der Waals surface area contributed by atoms with E-state index in [2.05, 4.69) is 76.0 Å². The molecule has 0 saturated carbocycles. The molecule has 1 aliphatic rings. The summed E-state index contributed by atoms with van der Waals surface area (Å²) >= 11 is 0. The Balaban J connectivity index is 2.83. The van der Waals surface area contributed by atoms with Crippen LogP contribution in [-0.2, 0) is 0 Å². The molecule has 0 saturated heterocycles. The minimum atomic E-state index is 0.403. The van der Waals surface area contributed by atoms with Gasteiger partial charge in [-0.05, 0) is 57.6 Å². The van der Waals surface area contributed by atoms with Gasteiger partial charge in [-0.3, -0.25) is 0 Å². The fraction of sp³-hybridized carbons (Fsp3) is 0.545. The molecule has 0 aromatic carbocycles. The van der Waals surface area contributed by atoms with Crippen molar-refractivity contribution in [2.75, 3.05) is 7.05 Å². The van der Waals surface area contributed by atoms with Crippen LogP contribution in [0.15, 0.2) is 59.8 Å². The second-order valence-electron chi connectivity index (χ2n) is 6.75. The van der Waals surface area contributed by atoms with Crippen molar-refractivity contribution >= 4 is 0 Å². The number of likely N-dealkylation sites (N-methyl/N-ethyl adjacent to an activating group) is 1. The van der Waals surface area contributed by atoms with Crippen LogP contribution in [0.1, 0.15) is 53.4 Å². The number of unbranched alkanes of at least 4 members (excludes halogenated alkanes) is 1. The van der Waals surface area contributed by atoms with Crippen LogP contribution in [0.3, 0.4) is 0 Å². The van der Waals surface area contributed by atoms with Crippen LogP contribution in [-0.4, -0.2) is 13.1 Å². The molecule has 0 bridgehead atoms. The first kappa shape index (κ1) is 19.7. The van der Waals surface area contributed by atoms with E-state index in [1.807, 2.05) is 7.05 Å². The van der Waals surface area contributed by atoms with Gasteiger partial charge in [0, 0.05) is 6.04 Å². The van der Waals surface area contributed by atoms with Gasteiger partial charge < -0.3 is 5.32 Å². The molecule has 128 valence electrons. The lowest BCUT2D eigenvalue weighted by Gasteiger charge is -2.23. The molecule has 1 nitrogen and oxygen atoms in total. The number of hydrogen-bond donors (Lipinski definition) is 1. The molecule has 3 atom stereocenters. The van der Waals surface area contributed by atoms with Gasteiger partial charge in [-0.2, -0.15) is 0 Å². The molecule has 3 unspecified atom stereocenters. The largest absolute Gasteiger partial charge is 0.310 e. The molecule has 1 heteroatoms. The van der Waals surface area contributed by atoms with Gasteiger partial charge in [0.1, 0.15) is 0 Å².